The van der Waals surface area contributed by atoms with Crippen molar-refractivity contribution in [1.29, 1.82) is 0 Å². The molecule has 0 spiro atoms. The molecule has 21 heavy (non-hydrogen) atoms. The second-order valence-electron chi connectivity index (χ2n) is 5.33. The van der Waals surface area contributed by atoms with E-state index in [0.717, 1.165) is 30.2 Å². The van der Waals surface area contributed by atoms with E-state index in [4.69, 9.17) is 16.3 Å². The predicted octanol–water partition coefficient (Wildman–Crippen LogP) is 3.19. The van der Waals surface area contributed by atoms with Gasteiger partial charge in [0.2, 0.25) is 0 Å². The molecule has 1 amide bonds. The van der Waals surface area contributed by atoms with Gasteiger partial charge in [-0.05, 0) is 31.2 Å². The summed E-state index contributed by atoms with van der Waals surface area (Å²) in [7, 11) is 0. The van der Waals surface area contributed by atoms with Gasteiger partial charge >= 0.3 is 0 Å². The third-order valence-corrected chi connectivity index (χ3v) is 4.10. The zero-order chi connectivity index (χ0) is 14.8. The number of aromatic nitrogens is 1. The number of halogens is 1. The maximum Gasteiger partial charge on any atom is 0.270 e. The lowest BCUT2D eigenvalue weighted by atomic mass is 10.1. The number of fused-ring (bicyclic) bond motifs is 1. The van der Waals surface area contributed by atoms with Gasteiger partial charge in [0.25, 0.3) is 5.91 Å². The van der Waals surface area contributed by atoms with Crippen LogP contribution >= 0.6 is 11.6 Å². The Balaban J connectivity index is 1.81. The van der Waals surface area contributed by atoms with Gasteiger partial charge in [-0.15, -0.1) is 0 Å². The first kappa shape index (κ1) is 14.3. The maximum absolute atomic E-state index is 12.3. The quantitative estimate of drug-likeness (QED) is 0.886. The number of carbonyl (C=O) groups excluding carboxylic acids is 1. The van der Waals surface area contributed by atoms with Crippen molar-refractivity contribution in [2.75, 3.05) is 6.61 Å². The zero-order valence-electron chi connectivity index (χ0n) is 11.8. The third-order valence-electron chi connectivity index (χ3n) is 3.81. The highest BCUT2D eigenvalue weighted by Gasteiger charge is 2.24. The molecule has 3 rings (SSSR count). The molecule has 1 fully saturated rings. The van der Waals surface area contributed by atoms with Crippen molar-refractivity contribution in [1.82, 2.24) is 10.3 Å². The molecule has 2 heterocycles. The van der Waals surface area contributed by atoms with E-state index in [0.29, 0.717) is 10.8 Å². The maximum atomic E-state index is 12.3. The monoisotopic (exact) mass is 304 g/mol. The molecule has 0 aliphatic carbocycles. The van der Waals surface area contributed by atoms with Crippen molar-refractivity contribution in [3.05, 3.63) is 41.2 Å². The number of benzene rings is 1. The van der Waals surface area contributed by atoms with E-state index in [2.05, 4.69) is 10.3 Å². The highest BCUT2D eigenvalue weighted by Crippen LogP contribution is 2.22. The third kappa shape index (κ3) is 3.01. The highest BCUT2D eigenvalue weighted by molar-refractivity contribution is 6.34. The van der Waals surface area contributed by atoms with E-state index < -0.39 is 0 Å². The molecule has 1 saturated heterocycles. The first-order valence-electron chi connectivity index (χ1n) is 7.13. The van der Waals surface area contributed by atoms with E-state index in [-0.39, 0.29) is 18.1 Å². The second kappa shape index (κ2) is 6.00. The van der Waals surface area contributed by atoms with Crippen molar-refractivity contribution in [3.63, 3.8) is 0 Å². The predicted molar refractivity (Wildman–Crippen MR) is 82.7 cm³/mol. The molecular weight excluding hydrogens is 288 g/mol. The van der Waals surface area contributed by atoms with E-state index in [1.807, 2.05) is 31.2 Å². The summed E-state index contributed by atoms with van der Waals surface area (Å²) >= 11 is 6.15. The number of nitrogens with zero attached hydrogens (tertiary/aromatic N) is 1. The Bertz CT molecular complexity index is 668. The lowest BCUT2D eigenvalue weighted by Gasteiger charge is -2.19. The van der Waals surface area contributed by atoms with Crippen molar-refractivity contribution >= 4 is 28.3 Å². The van der Waals surface area contributed by atoms with Gasteiger partial charge in [-0.25, -0.2) is 4.98 Å². The Kier molecular flexibility index (Phi) is 4.08. The Morgan fingerprint density at radius 3 is 3.05 bits per heavy atom. The zero-order valence-corrected chi connectivity index (χ0v) is 12.6. The van der Waals surface area contributed by atoms with E-state index in [1.54, 1.807) is 6.07 Å². The van der Waals surface area contributed by atoms with Crippen molar-refractivity contribution < 1.29 is 9.53 Å². The minimum atomic E-state index is -0.217. The van der Waals surface area contributed by atoms with Crippen LogP contribution in [0.2, 0.25) is 5.15 Å². The SMILES string of the molecule is C[C@H](NC(=O)c1cc2ccccc2c(Cl)n1)[C@H]1CCCO1. The summed E-state index contributed by atoms with van der Waals surface area (Å²) in [6, 6.07) is 9.35. The molecule has 110 valence electrons. The number of rotatable bonds is 3. The van der Waals surface area contributed by atoms with Crippen LogP contribution in [0, 0.1) is 0 Å². The van der Waals surface area contributed by atoms with E-state index in [9.17, 15) is 4.79 Å². The molecule has 2 aromatic rings. The molecule has 1 N–H and O–H groups in total. The van der Waals surface area contributed by atoms with Crippen LogP contribution in [0.3, 0.4) is 0 Å². The smallest absolute Gasteiger partial charge is 0.270 e. The molecule has 2 atom stereocenters. The summed E-state index contributed by atoms with van der Waals surface area (Å²) in [5, 5.41) is 5.05. The van der Waals surface area contributed by atoms with Crippen LogP contribution in [0.15, 0.2) is 30.3 Å². The average molecular weight is 305 g/mol. The normalized spacial score (nSPS) is 19.6. The number of pyridine rings is 1. The van der Waals surface area contributed by atoms with E-state index >= 15 is 0 Å². The molecule has 1 aliphatic heterocycles. The molecule has 0 radical (unpaired) electrons. The summed E-state index contributed by atoms with van der Waals surface area (Å²) in [5.41, 5.74) is 0.337. The Morgan fingerprint density at radius 1 is 1.48 bits per heavy atom. The van der Waals surface area contributed by atoms with Crippen molar-refractivity contribution in [3.8, 4) is 0 Å². The van der Waals surface area contributed by atoms with Crippen molar-refractivity contribution in [2.45, 2.75) is 31.9 Å². The van der Waals surface area contributed by atoms with Crippen LogP contribution in [0.1, 0.15) is 30.3 Å². The molecule has 4 nitrogen and oxygen atoms in total. The Hall–Kier alpha value is -1.65. The molecule has 1 aromatic carbocycles. The van der Waals surface area contributed by atoms with Gasteiger partial charge in [0.15, 0.2) is 0 Å². The Labute approximate surface area is 128 Å². The summed E-state index contributed by atoms with van der Waals surface area (Å²) in [6.07, 6.45) is 2.11. The van der Waals surface area contributed by atoms with Crippen LogP contribution < -0.4 is 5.32 Å². The molecule has 1 aromatic heterocycles. The number of amides is 1. The van der Waals surface area contributed by atoms with Crippen LogP contribution in [-0.2, 0) is 4.74 Å². The van der Waals surface area contributed by atoms with Gasteiger partial charge in [-0.1, -0.05) is 35.9 Å². The van der Waals surface area contributed by atoms with Gasteiger partial charge < -0.3 is 10.1 Å². The first-order valence-corrected chi connectivity index (χ1v) is 7.50. The molecular formula is C16H17ClN2O2. The fourth-order valence-corrected chi connectivity index (χ4v) is 2.91. The molecule has 0 unspecified atom stereocenters. The molecule has 0 bridgehead atoms. The minimum Gasteiger partial charge on any atom is -0.376 e. The number of hydrogen-bond acceptors (Lipinski definition) is 3. The van der Waals surface area contributed by atoms with Crippen LogP contribution in [0.5, 0.6) is 0 Å². The van der Waals surface area contributed by atoms with Gasteiger partial charge in [-0.2, -0.15) is 0 Å². The fraction of sp³-hybridized carbons (Fsp3) is 0.375. The van der Waals surface area contributed by atoms with Gasteiger partial charge in [0, 0.05) is 12.0 Å². The van der Waals surface area contributed by atoms with Gasteiger partial charge in [-0.3, -0.25) is 4.79 Å². The summed E-state index contributed by atoms with van der Waals surface area (Å²) in [6.45, 7) is 2.72. The highest BCUT2D eigenvalue weighted by atomic mass is 35.5. The van der Waals surface area contributed by atoms with Crippen LogP contribution in [0.25, 0.3) is 10.8 Å². The standard InChI is InChI=1S/C16H17ClN2O2/c1-10(14-7-4-8-21-14)18-16(20)13-9-11-5-2-3-6-12(11)15(17)19-13/h2-3,5-6,9-10,14H,4,7-8H2,1H3,(H,18,20)/t10-,14+/m0/s1. The number of ether oxygens (including phenoxy) is 1. The molecule has 0 saturated carbocycles. The summed E-state index contributed by atoms with van der Waals surface area (Å²) in [4.78, 5) is 16.5. The lowest BCUT2D eigenvalue weighted by Crippen LogP contribution is -2.41. The number of hydrogen-bond donors (Lipinski definition) is 1. The largest absolute Gasteiger partial charge is 0.376 e. The lowest BCUT2D eigenvalue weighted by molar-refractivity contribution is 0.0709. The fourth-order valence-electron chi connectivity index (χ4n) is 2.64. The minimum absolute atomic E-state index is 0.0351. The summed E-state index contributed by atoms with van der Waals surface area (Å²) in [5.74, 6) is -0.217. The Morgan fingerprint density at radius 2 is 2.29 bits per heavy atom. The number of carbonyl (C=O) groups is 1. The molecule has 1 aliphatic rings. The average Bonchev–Trinajstić information content (AvgIpc) is 3.01. The van der Waals surface area contributed by atoms with Crippen LogP contribution in [-0.4, -0.2) is 29.6 Å². The van der Waals surface area contributed by atoms with Crippen molar-refractivity contribution in [2.24, 2.45) is 0 Å². The second-order valence-corrected chi connectivity index (χ2v) is 5.69. The molecule has 5 heteroatoms. The number of nitrogens with one attached hydrogen (secondary N) is 1. The topological polar surface area (TPSA) is 51.2 Å². The van der Waals surface area contributed by atoms with Gasteiger partial charge in [0.1, 0.15) is 10.8 Å². The van der Waals surface area contributed by atoms with Crippen LogP contribution in [0.4, 0.5) is 0 Å². The summed E-state index contributed by atoms with van der Waals surface area (Å²) < 4.78 is 5.58. The van der Waals surface area contributed by atoms with Gasteiger partial charge in [0.05, 0.1) is 12.1 Å². The first-order chi connectivity index (χ1) is 10.1. The van der Waals surface area contributed by atoms with E-state index in [1.165, 1.54) is 0 Å².